The van der Waals surface area contributed by atoms with E-state index in [2.05, 4.69) is 5.32 Å². The van der Waals surface area contributed by atoms with Gasteiger partial charge >= 0.3 is 11.9 Å². The van der Waals surface area contributed by atoms with Gasteiger partial charge in [-0.25, -0.2) is 4.79 Å². The van der Waals surface area contributed by atoms with Crippen LogP contribution in [0.5, 0.6) is 0 Å². The Labute approximate surface area is 159 Å². The van der Waals surface area contributed by atoms with E-state index in [0.717, 1.165) is 25.7 Å². The summed E-state index contributed by atoms with van der Waals surface area (Å²) in [7, 11) is 2.70. The fourth-order valence-corrected chi connectivity index (χ4v) is 4.36. The second kappa shape index (κ2) is 8.52. The predicted molar refractivity (Wildman–Crippen MR) is 99.3 cm³/mol. The van der Waals surface area contributed by atoms with Crippen LogP contribution in [0.3, 0.4) is 0 Å². The standard InChI is InChI=1S/C20H26N2O5/c1-26-19(24)14-7-5-8-15(10-14)21-18(23)12-22-16-9-4-3-6-13(16)11-17(22)20(25)27-2/h5,7-8,10,13,16-17H,3-4,6,9,11-12H2,1-2H3,(H,21,23). The van der Waals surface area contributed by atoms with Crippen LogP contribution in [-0.2, 0) is 19.1 Å². The molecule has 1 aliphatic heterocycles. The number of esters is 2. The van der Waals surface area contributed by atoms with E-state index >= 15 is 0 Å². The third-order valence-corrected chi connectivity index (χ3v) is 5.59. The van der Waals surface area contributed by atoms with Crippen molar-refractivity contribution in [3.05, 3.63) is 29.8 Å². The molecule has 0 radical (unpaired) electrons. The van der Waals surface area contributed by atoms with Crippen LogP contribution < -0.4 is 5.32 Å². The zero-order valence-electron chi connectivity index (χ0n) is 15.8. The van der Waals surface area contributed by atoms with Crippen molar-refractivity contribution in [1.29, 1.82) is 0 Å². The Morgan fingerprint density at radius 3 is 2.67 bits per heavy atom. The van der Waals surface area contributed by atoms with E-state index in [1.165, 1.54) is 20.6 Å². The third kappa shape index (κ3) is 4.30. The van der Waals surface area contributed by atoms with Gasteiger partial charge in [0, 0.05) is 11.7 Å². The maximum Gasteiger partial charge on any atom is 0.337 e. The molecule has 0 bridgehead atoms. The summed E-state index contributed by atoms with van der Waals surface area (Å²) in [4.78, 5) is 38.5. The van der Waals surface area contributed by atoms with Crippen LogP contribution in [0, 0.1) is 5.92 Å². The van der Waals surface area contributed by atoms with Gasteiger partial charge in [-0.05, 0) is 43.4 Å². The van der Waals surface area contributed by atoms with Crippen molar-refractivity contribution in [3.63, 3.8) is 0 Å². The Morgan fingerprint density at radius 2 is 1.93 bits per heavy atom. The predicted octanol–water partition coefficient (Wildman–Crippen LogP) is 2.22. The van der Waals surface area contributed by atoms with Gasteiger partial charge in [-0.2, -0.15) is 0 Å². The minimum atomic E-state index is -0.457. The highest BCUT2D eigenvalue weighted by Gasteiger charge is 2.46. The van der Waals surface area contributed by atoms with E-state index in [1.54, 1.807) is 24.3 Å². The first-order valence-corrected chi connectivity index (χ1v) is 9.35. The number of nitrogens with zero attached hydrogens (tertiary/aromatic N) is 1. The molecule has 3 atom stereocenters. The summed E-state index contributed by atoms with van der Waals surface area (Å²) in [6.45, 7) is 0.128. The lowest BCUT2D eigenvalue weighted by Gasteiger charge is -2.32. The highest BCUT2D eigenvalue weighted by atomic mass is 16.5. The van der Waals surface area contributed by atoms with E-state index in [-0.39, 0.29) is 30.5 Å². The molecule has 3 rings (SSSR count). The summed E-state index contributed by atoms with van der Waals surface area (Å²) < 4.78 is 9.67. The number of carbonyl (C=O) groups is 3. The van der Waals surface area contributed by atoms with Crippen molar-refractivity contribution in [3.8, 4) is 0 Å². The number of hydrogen-bond donors (Lipinski definition) is 1. The SMILES string of the molecule is COC(=O)c1cccc(NC(=O)CN2C(C(=O)OC)CC3CCCCC32)c1. The van der Waals surface area contributed by atoms with Crippen molar-refractivity contribution in [2.75, 3.05) is 26.1 Å². The van der Waals surface area contributed by atoms with E-state index < -0.39 is 5.97 Å². The van der Waals surface area contributed by atoms with Crippen LogP contribution >= 0.6 is 0 Å². The number of hydrogen-bond acceptors (Lipinski definition) is 6. The van der Waals surface area contributed by atoms with Crippen LogP contribution in [0.1, 0.15) is 42.5 Å². The fraction of sp³-hybridized carbons (Fsp3) is 0.550. The monoisotopic (exact) mass is 374 g/mol. The molecule has 2 aliphatic rings. The summed E-state index contributed by atoms with van der Waals surface area (Å²) in [6, 6.07) is 6.49. The Balaban J connectivity index is 1.69. The normalized spacial score (nSPS) is 24.7. The van der Waals surface area contributed by atoms with Gasteiger partial charge in [0.05, 0.1) is 26.3 Å². The molecule has 7 heteroatoms. The molecular formula is C20H26N2O5. The molecule has 1 heterocycles. The fourth-order valence-electron chi connectivity index (χ4n) is 4.36. The van der Waals surface area contributed by atoms with Crippen molar-refractivity contribution in [2.24, 2.45) is 5.92 Å². The van der Waals surface area contributed by atoms with Crippen LogP contribution in [0.15, 0.2) is 24.3 Å². The summed E-state index contributed by atoms with van der Waals surface area (Å²) in [5.74, 6) is -0.498. The molecule has 1 saturated heterocycles. The highest BCUT2D eigenvalue weighted by Crippen LogP contribution is 2.39. The molecular weight excluding hydrogens is 348 g/mol. The third-order valence-electron chi connectivity index (χ3n) is 5.59. The van der Waals surface area contributed by atoms with Crippen LogP contribution in [-0.4, -0.2) is 55.6 Å². The number of anilines is 1. The van der Waals surface area contributed by atoms with Crippen molar-refractivity contribution in [1.82, 2.24) is 4.90 Å². The summed E-state index contributed by atoms with van der Waals surface area (Å²) in [5, 5.41) is 2.82. The lowest BCUT2D eigenvalue weighted by molar-refractivity contribution is -0.146. The van der Waals surface area contributed by atoms with Gasteiger partial charge in [-0.15, -0.1) is 0 Å². The smallest absolute Gasteiger partial charge is 0.337 e. The van der Waals surface area contributed by atoms with Gasteiger partial charge in [0.25, 0.3) is 0 Å². The number of carbonyl (C=O) groups excluding carboxylic acids is 3. The molecule has 1 saturated carbocycles. The van der Waals surface area contributed by atoms with Crippen LogP contribution in [0.2, 0.25) is 0 Å². The molecule has 0 aromatic heterocycles. The Kier molecular flexibility index (Phi) is 6.11. The Morgan fingerprint density at radius 1 is 1.15 bits per heavy atom. The average molecular weight is 374 g/mol. The summed E-state index contributed by atoms with van der Waals surface area (Å²) in [5.41, 5.74) is 0.896. The molecule has 27 heavy (non-hydrogen) atoms. The average Bonchev–Trinajstić information content (AvgIpc) is 3.05. The van der Waals surface area contributed by atoms with Crippen molar-refractivity contribution >= 4 is 23.5 Å². The zero-order chi connectivity index (χ0) is 19.4. The molecule has 1 aromatic carbocycles. The highest BCUT2D eigenvalue weighted by molar-refractivity contribution is 5.95. The second-order valence-corrected chi connectivity index (χ2v) is 7.18. The van der Waals surface area contributed by atoms with E-state index in [4.69, 9.17) is 9.47 Å². The number of likely N-dealkylation sites (tertiary alicyclic amines) is 1. The van der Waals surface area contributed by atoms with Gasteiger partial charge < -0.3 is 14.8 Å². The number of amides is 1. The second-order valence-electron chi connectivity index (χ2n) is 7.18. The van der Waals surface area contributed by atoms with E-state index in [9.17, 15) is 14.4 Å². The van der Waals surface area contributed by atoms with Gasteiger partial charge in [0.15, 0.2) is 0 Å². The zero-order valence-corrected chi connectivity index (χ0v) is 15.8. The molecule has 1 aromatic rings. The molecule has 0 spiro atoms. The maximum absolute atomic E-state index is 12.6. The largest absolute Gasteiger partial charge is 0.468 e. The lowest BCUT2D eigenvalue weighted by atomic mass is 9.85. The molecule has 1 amide bonds. The van der Waals surface area contributed by atoms with Gasteiger partial charge in [-0.3, -0.25) is 14.5 Å². The van der Waals surface area contributed by atoms with Gasteiger partial charge in [0.1, 0.15) is 6.04 Å². The number of ether oxygens (including phenoxy) is 2. The number of nitrogens with one attached hydrogen (secondary N) is 1. The topological polar surface area (TPSA) is 84.9 Å². The first-order chi connectivity index (χ1) is 13.0. The molecule has 1 aliphatic carbocycles. The van der Waals surface area contributed by atoms with Gasteiger partial charge in [-0.1, -0.05) is 18.9 Å². The van der Waals surface area contributed by atoms with Crippen molar-refractivity contribution < 1.29 is 23.9 Å². The quantitative estimate of drug-likeness (QED) is 0.796. The number of rotatable bonds is 5. The Hall–Kier alpha value is -2.41. The summed E-state index contributed by atoms with van der Waals surface area (Å²) in [6.07, 6.45) is 5.15. The summed E-state index contributed by atoms with van der Waals surface area (Å²) >= 11 is 0. The number of methoxy groups -OCH3 is 2. The Bertz CT molecular complexity index is 720. The lowest BCUT2D eigenvalue weighted by Crippen LogP contribution is -2.46. The first-order valence-electron chi connectivity index (χ1n) is 9.35. The number of benzene rings is 1. The molecule has 2 fully saturated rings. The van der Waals surface area contributed by atoms with Crippen LogP contribution in [0.4, 0.5) is 5.69 Å². The molecule has 146 valence electrons. The minimum Gasteiger partial charge on any atom is -0.468 e. The van der Waals surface area contributed by atoms with Crippen molar-refractivity contribution in [2.45, 2.75) is 44.2 Å². The number of fused-ring (bicyclic) bond motifs is 1. The maximum atomic E-state index is 12.6. The van der Waals surface area contributed by atoms with E-state index in [0.29, 0.717) is 17.2 Å². The first kappa shape index (κ1) is 19.4. The van der Waals surface area contributed by atoms with Crippen LogP contribution in [0.25, 0.3) is 0 Å². The van der Waals surface area contributed by atoms with Gasteiger partial charge in [0.2, 0.25) is 5.91 Å². The molecule has 3 unspecified atom stereocenters. The molecule has 1 N–H and O–H groups in total. The van der Waals surface area contributed by atoms with E-state index in [1.807, 2.05) is 4.90 Å². The minimum absolute atomic E-state index is 0.128. The molecule has 7 nitrogen and oxygen atoms in total.